The second kappa shape index (κ2) is 14.7. The van der Waals surface area contributed by atoms with Crippen molar-refractivity contribution in [3.05, 3.63) is 61.2 Å². The second-order valence-electron chi connectivity index (χ2n) is 13.3. The molecule has 0 aromatic heterocycles. The SMILES string of the molecule is C=CCN(Cc1ccccc1)C(=O)[C@@H]1[C@@H]2CC(C)C3(S2)C(C(=O)N(CC=C)C2CCCCC2)N(CCCCCCO)C(=O)[C@H]13. The fraction of sp³-hybridized carbons (Fsp3) is 0.639. The van der Waals surface area contributed by atoms with Crippen LogP contribution in [0.4, 0.5) is 0 Å². The number of likely N-dealkylation sites (tertiary alicyclic amines) is 1. The highest BCUT2D eigenvalue weighted by Gasteiger charge is 2.76. The zero-order valence-corrected chi connectivity index (χ0v) is 27.3. The summed E-state index contributed by atoms with van der Waals surface area (Å²) in [5.41, 5.74) is 1.05. The van der Waals surface area contributed by atoms with Crippen molar-refractivity contribution in [2.24, 2.45) is 17.8 Å². The van der Waals surface area contributed by atoms with E-state index in [1.807, 2.05) is 51.1 Å². The Bertz CT molecular complexity index is 1190. The number of carbonyl (C=O) groups is 3. The summed E-state index contributed by atoms with van der Waals surface area (Å²) < 4.78 is -0.620. The third kappa shape index (κ3) is 6.13. The minimum Gasteiger partial charge on any atom is -0.396 e. The van der Waals surface area contributed by atoms with E-state index in [-0.39, 0.29) is 41.5 Å². The van der Waals surface area contributed by atoms with E-state index in [1.165, 1.54) is 6.42 Å². The summed E-state index contributed by atoms with van der Waals surface area (Å²) in [5, 5.41) is 9.28. The predicted molar refractivity (Wildman–Crippen MR) is 177 cm³/mol. The molecule has 1 aliphatic carbocycles. The Labute approximate surface area is 268 Å². The molecule has 3 heterocycles. The van der Waals surface area contributed by atoms with E-state index >= 15 is 0 Å². The average Bonchev–Trinajstić information content (AvgIpc) is 3.63. The van der Waals surface area contributed by atoms with Gasteiger partial charge in [0.1, 0.15) is 6.04 Å². The molecular formula is C36H51N3O4S. The molecule has 1 aromatic rings. The molecule has 3 aliphatic heterocycles. The number of aliphatic hydroxyl groups excluding tert-OH is 1. The number of hydrogen-bond donors (Lipinski definition) is 1. The monoisotopic (exact) mass is 621 g/mol. The first-order chi connectivity index (χ1) is 21.4. The largest absolute Gasteiger partial charge is 0.396 e. The van der Waals surface area contributed by atoms with Gasteiger partial charge in [-0.25, -0.2) is 0 Å². The number of thioether (sulfide) groups is 1. The van der Waals surface area contributed by atoms with E-state index in [0.29, 0.717) is 26.2 Å². The number of rotatable bonds is 15. The molecule has 0 radical (unpaired) electrons. The molecule has 1 aromatic carbocycles. The summed E-state index contributed by atoms with van der Waals surface area (Å²) in [6.45, 7) is 12.1. The second-order valence-corrected chi connectivity index (χ2v) is 14.8. The third-order valence-electron chi connectivity index (χ3n) is 10.6. The van der Waals surface area contributed by atoms with Gasteiger partial charge in [-0.1, -0.05) is 81.5 Å². The van der Waals surface area contributed by atoms with E-state index in [0.717, 1.165) is 63.4 Å². The topological polar surface area (TPSA) is 81.2 Å². The molecule has 3 saturated heterocycles. The molecule has 5 rings (SSSR count). The molecule has 3 amide bonds. The van der Waals surface area contributed by atoms with Crippen LogP contribution in [-0.2, 0) is 20.9 Å². The molecule has 8 heteroatoms. The minimum absolute atomic E-state index is 0.00426. The van der Waals surface area contributed by atoms with Gasteiger partial charge in [-0.2, -0.15) is 0 Å². The first kappa shape index (κ1) is 32.8. The molecule has 2 bridgehead atoms. The van der Waals surface area contributed by atoms with Crippen LogP contribution in [0.2, 0.25) is 0 Å². The molecular weight excluding hydrogens is 570 g/mol. The smallest absolute Gasteiger partial charge is 0.247 e. The molecule has 1 spiro atoms. The fourth-order valence-electron chi connectivity index (χ4n) is 8.58. The highest BCUT2D eigenvalue weighted by molar-refractivity contribution is 8.02. The first-order valence-corrected chi connectivity index (χ1v) is 17.7. The molecule has 1 N–H and O–H groups in total. The van der Waals surface area contributed by atoms with E-state index in [9.17, 15) is 19.5 Å². The number of amides is 3. The number of carbonyl (C=O) groups excluding carboxylic acids is 3. The molecule has 4 aliphatic rings. The minimum atomic E-state index is -0.620. The predicted octanol–water partition coefficient (Wildman–Crippen LogP) is 5.44. The summed E-state index contributed by atoms with van der Waals surface area (Å²) in [4.78, 5) is 49.8. The standard InChI is InChI=1S/C36H51N3O4S/c1-4-20-37(25-27-16-10-8-11-17-27)33(41)30-29-24-26(3)36(44-29)31(30)34(42)39(22-14-6-7-15-23-40)32(36)35(43)38(21-5-2)28-18-12-9-13-19-28/h4-5,8,10-11,16-17,26,28-32,40H,1-2,6-7,9,12-15,18-25H2,3H3/t26?,29-,30+,31-,32?,36?/m0/s1. The molecule has 7 nitrogen and oxygen atoms in total. The Morgan fingerprint density at radius 3 is 2.41 bits per heavy atom. The van der Waals surface area contributed by atoms with Gasteiger partial charge in [-0.15, -0.1) is 24.9 Å². The van der Waals surface area contributed by atoms with E-state index in [4.69, 9.17) is 0 Å². The number of benzene rings is 1. The summed E-state index contributed by atoms with van der Waals surface area (Å²) in [5.74, 6) is -0.800. The van der Waals surface area contributed by atoms with Gasteiger partial charge < -0.3 is 19.8 Å². The summed E-state index contributed by atoms with van der Waals surface area (Å²) in [6.07, 6.45) is 13.1. The van der Waals surface area contributed by atoms with Crippen molar-refractivity contribution in [1.29, 1.82) is 0 Å². The van der Waals surface area contributed by atoms with Gasteiger partial charge in [0.25, 0.3) is 0 Å². The van der Waals surface area contributed by atoms with Gasteiger partial charge in [0.2, 0.25) is 17.7 Å². The van der Waals surface area contributed by atoms with Crippen molar-refractivity contribution < 1.29 is 19.5 Å². The highest BCUT2D eigenvalue weighted by Crippen LogP contribution is 2.69. The van der Waals surface area contributed by atoms with Crippen LogP contribution in [0, 0.1) is 17.8 Å². The first-order valence-electron chi connectivity index (χ1n) is 16.8. The normalized spacial score (nSPS) is 29.5. The van der Waals surface area contributed by atoms with Crippen molar-refractivity contribution in [2.45, 2.75) is 99.8 Å². The lowest BCUT2D eigenvalue weighted by molar-refractivity contribution is -0.145. The van der Waals surface area contributed by atoms with Crippen LogP contribution < -0.4 is 0 Å². The van der Waals surface area contributed by atoms with Crippen LogP contribution in [0.1, 0.15) is 76.7 Å². The molecule has 6 atom stereocenters. The Balaban J connectivity index is 1.49. The van der Waals surface area contributed by atoms with Crippen LogP contribution in [0.5, 0.6) is 0 Å². The average molecular weight is 622 g/mol. The number of nitrogens with zero attached hydrogens (tertiary/aromatic N) is 3. The number of hydrogen-bond acceptors (Lipinski definition) is 5. The Hall–Kier alpha value is -2.58. The lowest BCUT2D eigenvalue weighted by atomic mass is 9.65. The van der Waals surface area contributed by atoms with Gasteiger partial charge >= 0.3 is 0 Å². The van der Waals surface area contributed by atoms with Gasteiger partial charge in [-0.05, 0) is 43.6 Å². The van der Waals surface area contributed by atoms with Crippen molar-refractivity contribution in [2.75, 3.05) is 26.2 Å². The zero-order valence-electron chi connectivity index (χ0n) is 26.4. The van der Waals surface area contributed by atoms with Crippen LogP contribution in [0.3, 0.4) is 0 Å². The van der Waals surface area contributed by atoms with E-state index in [2.05, 4.69) is 20.1 Å². The number of unbranched alkanes of at least 4 members (excludes halogenated alkanes) is 3. The lowest BCUT2D eigenvalue weighted by Crippen LogP contribution is -2.59. The number of aliphatic hydroxyl groups is 1. The summed E-state index contributed by atoms with van der Waals surface area (Å²) in [7, 11) is 0. The van der Waals surface area contributed by atoms with Crippen molar-refractivity contribution in [3.8, 4) is 0 Å². The molecule has 4 fully saturated rings. The maximum absolute atomic E-state index is 14.9. The van der Waals surface area contributed by atoms with Crippen LogP contribution in [-0.4, -0.2) is 85.8 Å². The van der Waals surface area contributed by atoms with E-state index < -0.39 is 22.6 Å². The van der Waals surface area contributed by atoms with Crippen molar-refractivity contribution >= 4 is 29.5 Å². The number of fused-ring (bicyclic) bond motifs is 1. The summed E-state index contributed by atoms with van der Waals surface area (Å²) >= 11 is 1.77. The molecule has 3 unspecified atom stereocenters. The quantitative estimate of drug-likeness (QED) is 0.209. The zero-order chi connectivity index (χ0) is 31.3. The van der Waals surface area contributed by atoms with E-state index in [1.54, 1.807) is 17.8 Å². The fourth-order valence-corrected chi connectivity index (χ4v) is 11.0. The molecule has 44 heavy (non-hydrogen) atoms. The Kier molecular flexibility index (Phi) is 10.9. The summed E-state index contributed by atoms with van der Waals surface area (Å²) in [6, 6.07) is 9.56. The van der Waals surface area contributed by atoms with Crippen LogP contribution in [0.25, 0.3) is 0 Å². The van der Waals surface area contributed by atoms with Crippen LogP contribution in [0.15, 0.2) is 55.6 Å². The highest BCUT2D eigenvalue weighted by atomic mass is 32.2. The van der Waals surface area contributed by atoms with Crippen molar-refractivity contribution in [1.82, 2.24) is 14.7 Å². The Morgan fingerprint density at radius 2 is 1.73 bits per heavy atom. The van der Waals surface area contributed by atoms with Crippen molar-refractivity contribution in [3.63, 3.8) is 0 Å². The maximum atomic E-state index is 14.9. The molecule has 1 saturated carbocycles. The lowest BCUT2D eigenvalue weighted by Gasteiger charge is -2.43. The van der Waals surface area contributed by atoms with Gasteiger partial charge in [0.05, 0.1) is 16.6 Å². The molecule has 240 valence electrons. The van der Waals surface area contributed by atoms with Gasteiger partial charge in [-0.3, -0.25) is 14.4 Å². The van der Waals surface area contributed by atoms with Crippen LogP contribution >= 0.6 is 11.8 Å². The Morgan fingerprint density at radius 1 is 1.02 bits per heavy atom. The maximum Gasteiger partial charge on any atom is 0.247 e. The van der Waals surface area contributed by atoms with Gasteiger partial charge in [0.15, 0.2) is 0 Å². The van der Waals surface area contributed by atoms with Gasteiger partial charge in [0, 0.05) is 44.1 Å². The third-order valence-corrected chi connectivity index (χ3v) is 12.6.